The van der Waals surface area contributed by atoms with E-state index in [9.17, 15) is 4.79 Å². The van der Waals surface area contributed by atoms with Crippen LogP contribution in [0.1, 0.15) is 22.3 Å². The summed E-state index contributed by atoms with van der Waals surface area (Å²) < 4.78 is 6.16. The molecule has 5 aromatic rings. The van der Waals surface area contributed by atoms with Crippen LogP contribution in [0.15, 0.2) is 146 Å². The van der Waals surface area contributed by atoms with Crippen molar-refractivity contribution in [3.8, 4) is 5.75 Å². The van der Waals surface area contributed by atoms with E-state index in [4.69, 9.17) is 4.74 Å². The van der Waals surface area contributed by atoms with Crippen molar-refractivity contribution in [1.29, 1.82) is 0 Å². The Kier molecular flexibility index (Phi) is 7.89. The molecule has 5 aromatic carbocycles. The van der Waals surface area contributed by atoms with Crippen molar-refractivity contribution in [1.82, 2.24) is 0 Å². The molecule has 0 aliphatic carbocycles. The van der Waals surface area contributed by atoms with Crippen molar-refractivity contribution in [3.63, 3.8) is 0 Å². The van der Waals surface area contributed by atoms with Crippen LogP contribution in [0.2, 0.25) is 0 Å². The summed E-state index contributed by atoms with van der Waals surface area (Å²) in [5, 5.41) is 4.24. The van der Waals surface area contributed by atoms with Gasteiger partial charge < -0.3 is 0 Å². The van der Waals surface area contributed by atoms with E-state index in [0.29, 0.717) is 17.7 Å². The fourth-order valence-electron chi connectivity index (χ4n) is 5.09. The van der Waals surface area contributed by atoms with E-state index in [-0.39, 0.29) is 5.78 Å². The molecule has 0 bridgehead atoms. The predicted molar refractivity (Wildman–Crippen MR) is 158 cm³/mol. The van der Waals surface area contributed by atoms with Gasteiger partial charge in [0.2, 0.25) is 0 Å². The zero-order valence-electron chi connectivity index (χ0n) is 20.8. The fraction of sp³-hybridized carbons (Fsp3) is 0.0882. The molecule has 184 valence electrons. The van der Waals surface area contributed by atoms with Crippen LogP contribution in [0.5, 0.6) is 5.75 Å². The minimum absolute atomic E-state index is 0.0246. The minimum atomic E-state index is -2.25. The summed E-state index contributed by atoms with van der Waals surface area (Å²) >= 11 is 0. The molecule has 0 fully saturated rings. The third-order valence-corrected chi connectivity index (χ3v) is 12.0. The first-order valence-electron chi connectivity index (χ1n) is 12.8. The summed E-state index contributed by atoms with van der Waals surface area (Å²) in [6, 6.07) is 49.8. The van der Waals surface area contributed by atoms with E-state index in [1.807, 2.05) is 54.6 Å². The van der Waals surface area contributed by atoms with Gasteiger partial charge in [0, 0.05) is 0 Å². The molecule has 0 aliphatic heterocycles. The standard InChI is InChI=1S/C34H31O2P/c35-34(28-14-5-1-6-15-28)29-22-24-30(25-23-29)36-26-13-27-37(31-16-7-2-8-17-31,32-18-9-3-10-19-32)33-20-11-4-12-21-33/h1-12,14-25,37H,13,26-27H2. The summed E-state index contributed by atoms with van der Waals surface area (Å²) in [6.07, 6.45) is 1.96. The molecule has 0 unspecified atom stereocenters. The number of carbonyl (C=O) groups excluding carboxylic acids is 1. The number of benzene rings is 5. The molecule has 0 aliphatic rings. The van der Waals surface area contributed by atoms with Gasteiger partial charge in [-0.05, 0) is 0 Å². The topological polar surface area (TPSA) is 26.3 Å². The van der Waals surface area contributed by atoms with Crippen LogP contribution in [0.25, 0.3) is 0 Å². The van der Waals surface area contributed by atoms with Gasteiger partial charge in [0.1, 0.15) is 0 Å². The van der Waals surface area contributed by atoms with Gasteiger partial charge in [-0.25, -0.2) is 0 Å². The first-order valence-corrected chi connectivity index (χ1v) is 15.0. The maximum atomic E-state index is 12.7. The monoisotopic (exact) mass is 502 g/mol. The van der Waals surface area contributed by atoms with E-state index in [0.717, 1.165) is 18.3 Å². The van der Waals surface area contributed by atoms with Gasteiger partial charge in [-0.15, -0.1) is 0 Å². The number of ketones is 1. The number of ether oxygens (including phenoxy) is 1. The first kappa shape index (κ1) is 24.7. The first-order chi connectivity index (χ1) is 18.3. The van der Waals surface area contributed by atoms with Gasteiger partial charge in [-0.3, -0.25) is 0 Å². The van der Waals surface area contributed by atoms with Crippen LogP contribution in [0.3, 0.4) is 0 Å². The van der Waals surface area contributed by atoms with Crippen LogP contribution in [-0.2, 0) is 0 Å². The predicted octanol–water partition coefficient (Wildman–Crippen LogP) is 6.41. The zero-order valence-corrected chi connectivity index (χ0v) is 21.8. The van der Waals surface area contributed by atoms with Crippen LogP contribution < -0.4 is 20.7 Å². The normalized spacial score (nSPS) is 11.6. The van der Waals surface area contributed by atoms with Crippen molar-refractivity contribution in [2.24, 2.45) is 0 Å². The van der Waals surface area contributed by atoms with E-state index in [2.05, 4.69) is 91.0 Å². The second-order valence-electron chi connectivity index (χ2n) is 9.17. The van der Waals surface area contributed by atoms with E-state index in [1.54, 1.807) is 0 Å². The third-order valence-electron chi connectivity index (χ3n) is 6.92. The number of carbonyl (C=O) groups is 1. The van der Waals surface area contributed by atoms with Gasteiger partial charge >= 0.3 is 214 Å². The maximum absolute atomic E-state index is 12.7. The molecule has 0 atom stereocenters. The Hall–Kier alpha value is -4.00. The summed E-state index contributed by atoms with van der Waals surface area (Å²) in [5.41, 5.74) is 1.36. The summed E-state index contributed by atoms with van der Waals surface area (Å²) in [7, 11) is -2.25. The second-order valence-corrected chi connectivity index (χ2v) is 13.2. The summed E-state index contributed by atoms with van der Waals surface area (Å²) in [4.78, 5) is 12.7. The molecule has 0 saturated carbocycles. The van der Waals surface area contributed by atoms with Crippen molar-refractivity contribution < 1.29 is 9.53 Å². The van der Waals surface area contributed by atoms with Crippen LogP contribution in [0.4, 0.5) is 0 Å². The van der Waals surface area contributed by atoms with Crippen LogP contribution >= 0.6 is 7.26 Å². The van der Waals surface area contributed by atoms with E-state index < -0.39 is 7.26 Å². The molecule has 0 radical (unpaired) electrons. The molecule has 5 rings (SSSR count). The Morgan fingerprint density at radius 1 is 0.514 bits per heavy atom. The van der Waals surface area contributed by atoms with Crippen molar-refractivity contribution in [3.05, 3.63) is 157 Å². The van der Waals surface area contributed by atoms with Crippen molar-refractivity contribution in [2.75, 3.05) is 12.8 Å². The Morgan fingerprint density at radius 2 is 0.919 bits per heavy atom. The van der Waals surface area contributed by atoms with Crippen LogP contribution in [-0.4, -0.2) is 18.6 Å². The van der Waals surface area contributed by atoms with E-state index >= 15 is 0 Å². The Labute approximate surface area is 219 Å². The average Bonchev–Trinajstić information content (AvgIpc) is 2.99. The Balaban J connectivity index is 1.34. The Morgan fingerprint density at radius 3 is 1.38 bits per heavy atom. The Bertz CT molecular complexity index is 1300. The molecule has 0 heterocycles. The second kappa shape index (κ2) is 11.8. The van der Waals surface area contributed by atoms with Crippen molar-refractivity contribution >= 4 is 29.0 Å². The number of rotatable bonds is 10. The molecule has 0 amide bonds. The summed E-state index contributed by atoms with van der Waals surface area (Å²) in [6.45, 7) is 0.618. The average molecular weight is 503 g/mol. The van der Waals surface area contributed by atoms with Crippen LogP contribution in [0, 0.1) is 0 Å². The molecular formula is C34H31O2P. The fourth-order valence-corrected chi connectivity index (χ4v) is 9.91. The van der Waals surface area contributed by atoms with Gasteiger partial charge in [0.25, 0.3) is 0 Å². The molecule has 0 saturated heterocycles. The summed E-state index contributed by atoms with van der Waals surface area (Å²) in [5.74, 6) is 0.813. The molecule has 37 heavy (non-hydrogen) atoms. The molecular weight excluding hydrogens is 471 g/mol. The molecule has 0 aromatic heterocycles. The van der Waals surface area contributed by atoms with Gasteiger partial charge in [-0.2, -0.15) is 0 Å². The van der Waals surface area contributed by atoms with E-state index in [1.165, 1.54) is 15.9 Å². The molecule has 3 heteroatoms. The zero-order chi connectivity index (χ0) is 25.3. The van der Waals surface area contributed by atoms with Crippen molar-refractivity contribution in [2.45, 2.75) is 6.42 Å². The molecule has 2 nitrogen and oxygen atoms in total. The van der Waals surface area contributed by atoms with Gasteiger partial charge in [-0.1, -0.05) is 6.07 Å². The van der Waals surface area contributed by atoms with Gasteiger partial charge in [0.05, 0.1) is 0 Å². The van der Waals surface area contributed by atoms with Gasteiger partial charge in [0.15, 0.2) is 0 Å². The third kappa shape index (κ3) is 5.56. The number of hydrogen-bond donors (Lipinski definition) is 0. The number of hydrogen-bond acceptors (Lipinski definition) is 2. The quantitative estimate of drug-likeness (QED) is 0.125. The SMILES string of the molecule is O=C(c1ccccc1)c1ccc(OCCC[PH](c2ccccc2)(c2ccccc2)c2ccccc2)cc1. The molecule has 0 N–H and O–H groups in total. The molecule has 0 spiro atoms.